The number of halogens is 1. The van der Waals surface area contributed by atoms with Crippen molar-refractivity contribution in [2.45, 2.75) is 26.8 Å². The molecule has 2 aromatic carbocycles. The molecule has 30 heavy (non-hydrogen) atoms. The van der Waals surface area contributed by atoms with Crippen LogP contribution in [-0.4, -0.2) is 30.5 Å². The molecule has 158 valence electrons. The fraction of sp³-hybridized carbons (Fsp3) is 0.304. The summed E-state index contributed by atoms with van der Waals surface area (Å²) >= 11 is 6.00. The van der Waals surface area contributed by atoms with Gasteiger partial charge in [0.2, 0.25) is 0 Å². The van der Waals surface area contributed by atoms with E-state index in [1.165, 1.54) is 12.0 Å². The lowest BCUT2D eigenvalue weighted by Crippen LogP contribution is -2.31. The van der Waals surface area contributed by atoms with E-state index in [-0.39, 0.29) is 11.4 Å². The van der Waals surface area contributed by atoms with Crippen LogP contribution >= 0.6 is 11.6 Å². The molecule has 3 rings (SSSR count). The molecule has 1 aliphatic heterocycles. The van der Waals surface area contributed by atoms with Crippen molar-refractivity contribution < 1.29 is 24.2 Å². The number of carbonyl (C=O) groups is 2. The van der Waals surface area contributed by atoms with Crippen molar-refractivity contribution in [3.05, 3.63) is 64.4 Å². The second-order valence-corrected chi connectivity index (χ2v) is 7.62. The normalized spacial score (nSPS) is 16.4. The molecule has 1 amide bonds. The van der Waals surface area contributed by atoms with Gasteiger partial charge in [0, 0.05) is 16.6 Å². The van der Waals surface area contributed by atoms with Crippen molar-refractivity contribution in [1.82, 2.24) is 0 Å². The maximum Gasteiger partial charge on any atom is 0.294 e. The first-order valence-electron chi connectivity index (χ1n) is 9.67. The summed E-state index contributed by atoms with van der Waals surface area (Å²) in [6.45, 7) is 5.73. The van der Waals surface area contributed by atoms with Crippen LogP contribution in [0.3, 0.4) is 0 Å². The molecule has 2 aromatic rings. The highest BCUT2D eigenvalue weighted by Gasteiger charge is 2.45. The van der Waals surface area contributed by atoms with Gasteiger partial charge in [-0.15, -0.1) is 0 Å². The summed E-state index contributed by atoms with van der Waals surface area (Å²) in [6, 6.07) is 11.1. The average molecular weight is 430 g/mol. The number of hydrogen-bond donors (Lipinski definition) is 1. The van der Waals surface area contributed by atoms with Crippen LogP contribution in [-0.2, 0) is 9.59 Å². The largest absolute Gasteiger partial charge is 0.503 e. The molecule has 1 unspecified atom stereocenters. The van der Waals surface area contributed by atoms with Crippen LogP contribution in [0, 0.1) is 5.92 Å². The molecular weight excluding hydrogens is 406 g/mol. The zero-order chi connectivity index (χ0) is 22.0. The summed E-state index contributed by atoms with van der Waals surface area (Å²) in [5, 5.41) is 11.2. The molecule has 1 N–H and O–H groups in total. The molecule has 1 atom stereocenters. The third-order valence-corrected chi connectivity index (χ3v) is 5.16. The third kappa shape index (κ3) is 3.87. The lowest BCUT2D eigenvalue weighted by Gasteiger charge is -2.28. The molecule has 0 spiro atoms. The van der Waals surface area contributed by atoms with Gasteiger partial charge in [0.05, 0.1) is 25.3 Å². The number of aliphatic hydroxyl groups excluding tert-OH is 1. The van der Waals surface area contributed by atoms with Crippen molar-refractivity contribution in [3.63, 3.8) is 0 Å². The van der Waals surface area contributed by atoms with Crippen LogP contribution < -0.4 is 14.4 Å². The average Bonchev–Trinajstić information content (AvgIpc) is 2.99. The maximum absolute atomic E-state index is 13.0. The molecular formula is C23H24ClNO5. The predicted octanol–water partition coefficient (Wildman–Crippen LogP) is 4.87. The second kappa shape index (κ2) is 8.79. The van der Waals surface area contributed by atoms with E-state index in [1.807, 2.05) is 6.92 Å². The molecule has 0 bridgehead atoms. The Kier molecular flexibility index (Phi) is 6.37. The molecule has 1 aliphatic rings. The van der Waals surface area contributed by atoms with Gasteiger partial charge in [-0.3, -0.25) is 14.5 Å². The van der Waals surface area contributed by atoms with E-state index in [2.05, 4.69) is 0 Å². The van der Waals surface area contributed by atoms with Crippen LogP contribution in [0.15, 0.2) is 53.8 Å². The fourth-order valence-electron chi connectivity index (χ4n) is 3.48. The van der Waals surface area contributed by atoms with Gasteiger partial charge in [0.1, 0.15) is 0 Å². The van der Waals surface area contributed by atoms with Crippen LogP contribution in [0.1, 0.15) is 32.4 Å². The standard InChI is InChI=1S/C23H24ClNO5/c1-5-30-18-12-14(6-11-17(18)29-4)20-19(21(26)13(2)3)22(27)23(28)25(20)16-9-7-15(24)8-10-16/h6-13,20,27H,5H2,1-4H3. The van der Waals surface area contributed by atoms with Gasteiger partial charge < -0.3 is 14.6 Å². The molecule has 0 radical (unpaired) electrons. The Bertz CT molecular complexity index is 997. The number of ketones is 1. The quantitative estimate of drug-likeness (QED) is 0.679. The third-order valence-electron chi connectivity index (χ3n) is 4.91. The first kappa shape index (κ1) is 21.7. The Morgan fingerprint density at radius 3 is 2.40 bits per heavy atom. The predicted molar refractivity (Wildman–Crippen MR) is 115 cm³/mol. The number of ether oxygens (including phenoxy) is 2. The van der Waals surface area contributed by atoms with Gasteiger partial charge >= 0.3 is 0 Å². The van der Waals surface area contributed by atoms with Gasteiger partial charge in [0.25, 0.3) is 5.91 Å². The molecule has 1 heterocycles. The Morgan fingerprint density at radius 2 is 1.83 bits per heavy atom. The zero-order valence-corrected chi connectivity index (χ0v) is 18.1. The Hall–Kier alpha value is -2.99. The lowest BCUT2D eigenvalue weighted by molar-refractivity contribution is -0.119. The highest BCUT2D eigenvalue weighted by atomic mass is 35.5. The van der Waals surface area contributed by atoms with Crippen molar-refractivity contribution in [1.29, 1.82) is 0 Å². The number of Topliss-reactive ketones (excluding diaryl/α,β-unsaturated/α-hetero) is 1. The SMILES string of the molecule is CCOc1cc(C2C(C(=O)C(C)C)=C(O)C(=O)N2c2ccc(Cl)cc2)ccc1OC. The summed E-state index contributed by atoms with van der Waals surface area (Å²) in [7, 11) is 1.54. The minimum atomic E-state index is -0.807. The summed E-state index contributed by atoms with van der Waals surface area (Å²) in [5.41, 5.74) is 1.20. The Morgan fingerprint density at radius 1 is 1.17 bits per heavy atom. The summed E-state index contributed by atoms with van der Waals surface area (Å²) in [6.07, 6.45) is 0. The first-order valence-corrected chi connectivity index (χ1v) is 10.0. The molecule has 0 aliphatic carbocycles. The van der Waals surface area contributed by atoms with E-state index in [1.54, 1.807) is 56.3 Å². The van der Waals surface area contributed by atoms with E-state index in [0.29, 0.717) is 34.4 Å². The van der Waals surface area contributed by atoms with E-state index in [0.717, 1.165) is 0 Å². The van der Waals surface area contributed by atoms with Crippen LogP contribution in [0.5, 0.6) is 11.5 Å². The van der Waals surface area contributed by atoms with E-state index in [4.69, 9.17) is 21.1 Å². The Balaban J connectivity index is 2.20. The molecule has 0 saturated heterocycles. The van der Waals surface area contributed by atoms with E-state index in [9.17, 15) is 14.7 Å². The fourth-order valence-corrected chi connectivity index (χ4v) is 3.61. The minimum absolute atomic E-state index is 0.0672. The number of nitrogens with zero attached hydrogens (tertiary/aromatic N) is 1. The minimum Gasteiger partial charge on any atom is -0.503 e. The van der Waals surface area contributed by atoms with Gasteiger partial charge in [-0.2, -0.15) is 0 Å². The van der Waals surface area contributed by atoms with E-state index < -0.39 is 23.6 Å². The summed E-state index contributed by atoms with van der Waals surface area (Å²) in [5.74, 6) is -0.845. The lowest BCUT2D eigenvalue weighted by atomic mass is 9.91. The Labute approximate surface area is 180 Å². The number of methoxy groups -OCH3 is 1. The van der Waals surface area contributed by atoms with Gasteiger partial charge in [-0.05, 0) is 48.9 Å². The molecule has 0 fully saturated rings. The number of rotatable bonds is 7. The van der Waals surface area contributed by atoms with Crippen molar-refractivity contribution in [2.75, 3.05) is 18.6 Å². The van der Waals surface area contributed by atoms with Gasteiger partial charge in [-0.1, -0.05) is 31.5 Å². The van der Waals surface area contributed by atoms with Crippen molar-refractivity contribution in [2.24, 2.45) is 5.92 Å². The number of carbonyl (C=O) groups excluding carboxylic acids is 2. The second-order valence-electron chi connectivity index (χ2n) is 7.18. The van der Waals surface area contributed by atoms with E-state index >= 15 is 0 Å². The molecule has 0 aromatic heterocycles. The smallest absolute Gasteiger partial charge is 0.294 e. The number of hydrogen-bond acceptors (Lipinski definition) is 5. The number of anilines is 1. The molecule has 7 heteroatoms. The first-order chi connectivity index (χ1) is 14.3. The van der Waals surface area contributed by atoms with Crippen LogP contribution in [0.2, 0.25) is 5.02 Å². The topological polar surface area (TPSA) is 76.1 Å². The molecule has 0 saturated carbocycles. The van der Waals surface area contributed by atoms with Crippen LogP contribution in [0.25, 0.3) is 0 Å². The zero-order valence-electron chi connectivity index (χ0n) is 17.3. The summed E-state index contributed by atoms with van der Waals surface area (Å²) in [4.78, 5) is 27.4. The number of benzene rings is 2. The van der Waals surface area contributed by atoms with Crippen molar-refractivity contribution in [3.8, 4) is 11.5 Å². The maximum atomic E-state index is 13.0. The molecule has 6 nitrogen and oxygen atoms in total. The van der Waals surface area contributed by atoms with Crippen molar-refractivity contribution >= 4 is 29.0 Å². The van der Waals surface area contributed by atoms with Gasteiger partial charge in [0.15, 0.2) is 23.0 Å². The number of amides is 1. The van der Waals surface area contributed by atoms with Gasteiger partial charge in [-0.25, -0.2) is 0 Å². The van der Waals surface area contributed by atoms with Crippen LogP contribution in [0.4, 0.5) is 5.69 Å². The highest BCUT2D eigenvalue weighted by Crippen LogP contribution is 2.44. The summed E-state index contributed by atoms with van der Waals surface area (Å²) < 4.78 is 11.0. The number of aliphatic hydroxyl groups is 1. The monoisotopic (exact) mass is 429 g/mol. The highest BCUT2D eigenvalue weighted by molar-refractivity contribution is 6.30.